The summed E-state index contributed by atoms with van der Waals surface area (Å²) in [6.07, 6.45) is 1.29. The highest BCUT2D eigenvalue weighted by Crippen LogP contribution is 2.24. The van der Waals surface area contributed by atoms with Gasteiger partial charge in [-0.15, -0.1) is 10.2 Å². The first-order valence-corrected chi connectivity index (χ1v) is 7.56. The van der Waals surface area contributed by atoms with E-state index in [9.17, 15) is 9.18 Å². The molecule has 1 N–H and O–H groups in total. The largest absolute Gasteiger partial charge is 0.494 e. The lowest BCUT2D eigenvalue weighted by Crippen LogP contribution is -2.15. The van der Waals surface area contributed by atoms with E-state index in [2.05, 4.69) is 15.5 Å². The number of hydrogen-bond donors (Lipinski definition) is 1. The summed E-state index contributed by atoms with van der Waals surface area (Å²) in [6, 6.07) is 9.89. The summed E-state index contributed by atoms with van der Waals surface area (Å²) in [5, 5.41) is 10.3. The second kappa shape index (κ2) is 7.12. The number of nitrogens with zero attached hydrogens (tertiary/aromatic N) is 2. The van der Waals surface area contributed by atoms with E-state index in [-0.39, 0.29) is 18.1 Å². The van der Waals surface area contributed by atoms with Gasteiger partial charge in [0.25, 0.3) is 0 Å². The van der Waals surface area contributed by atoms with Crippen molar-refractivity contribution in [2.75, 3.05) is 12.4 Å². The van der Waals surface area contributed by atoms with Crippen molar-refractivity contribution in [1.82, 2.24) is 10.2 Å². The van der Waals surface area contributed by atoms with Gasteiger partial charge in [0.15, 0.2) is 11.6 Å². The van der Waals surface area contributed by atoms with Gasteiger partial charge in [-0.25, -0.2) is 4.39 Å². The van der Waals surface area contributed by atoms with E-state index in [4.69, 9.17) is 9.15 Å². The maximum Gasteiger partial charge on any atom is 0.247 e. The van der Waals surface area contributed by atoms with E-state index in [0.29, 0.717) is 22.7 Å². The van der Waals surface area contributed by atoms with E-state index in [0.717, 1.165) is 5.56 Å². The zero-order valence-electron chi connectivity index (χ0n) is 13.7. The topological polar surface area (TPSA) is 77.2 Å². The van der Waals surface area contributed by atoms with Gasteiger partial charge in [0.1, 0.15) is 0 Å². The minimum atomic E-state index is -0.498. The van der Waals surface area contributed by atoms with Crippen molar-refractivity contribution >= 4 is 11.6 Å². The number of hydrogen-bond acceptors (Lipinski definition) is 5. The monoisotopic (exact) mass is 341 g/mol. The lowest BCUT2D eigenvalue weighted by molar-refractivity contribution is -0.115. The summed E-state index contributed by atoms with van der Waals surface area (Å²) >= 11 is 0. The average Bonchev–Trinajstić information content (AvgIpc) is 3.11. The molecular formula is C18H16FN3O3. The van der Waals surface area contributed by atoms with Crippen molar-refractivity contribution in [2.24, 2.45) is 0 Å². The Morgan fingerprint density at radius 2 is 2.12 bits per heavy atom. The second-order valence-electron chi connectivity index (χ2n) is 5.47. The summed E-state index contributed by atoms with van der Waals surface area (Å²) in [4.78, 5) is 12.3. The molecule has 3 rings (SSSR count). The van der Waals surface area contributed by atoms with Crippen LogP contribution in [0.1, 0.15) is 11.1 Å². The van der Waals surface area contributed by atoms with Crippen LogP contribution in [0.25, 0.3) is 11.5 Å². The van der Waals surface area contributed by atoms with Gasteiger partial charge in [-0.05, 0) is 42.3 Å². The molecule has 7 heteroatoms. The molecule has 128 valence electrons. The zero-order valence-corrected chi connectivity index (χ0v) is 13.7. The zero-order chi connectivity index (χ0) is 17.8. The Bertz CT molecular complexity index is 895. The molecule has 25 heavy (non-hydrogen) atoms. The standard InChI is InChI=1S/C18H16FN3O3/c1-11-3-5-13(18-22-20-10-25-18)9-15(11)21-17(23)8-12-4-6-16(24-2)14(19)7-12/h3-7,9-10H,8H2,1-2H3,(H,21,23). The smallest absolute Gasteiger partial charge is 0.247 e. The number of nitrogens with one attached hydrogen (secondary N) is 1. The van der Waals surface area contributed by atoms with E-state index in [1.54, 1.807) is 12.1 Å². The number of carbonyl (C=O) groups is 1. The number of amides is 1. The quantitative estimate of drug-likeness (QED) is 0.770. The first-order valence-electron chi connectivity index (χ1n) is 7.56. The first kappa shape index (κ1) is 16.6. The van der Waals surface area contributed by atoms with Gasteiger partial charge in [-0.1, -0.05) is 12.1 Å². The molecule has 0 spiro atoms. The predicted molar refractivity (Wildman–Crippen MR) is 89.8 cm³/mol. The molecule has 0 saturated carbocycles. The van der Waals surface area contributed by atoms with Crippen molar-refractivity contribution in [3.63, 3.8) is 0 Å². The van der Waals surface area contributed by atoms with Crippen molar-refractivity contribution in [3.05, 3.63) is 59.7 Å². The third kappa shape index (κ3) is 3.82. The molecule has 2 aromatic carbocycles. The van der Waals surface area contributed by atoms with E-state index < -0.39 is 5.82 Å². The summed E-state index contributed by atoms with van der Waals surface area (Å²) in [7, 11) is 1.39. The number of halogens is 1. The number of carbonyl (C=O) groups excluding carboxylic acids is 1. The van der Waals surface area contributed by atoms with Crippen LogP contribution in [-0.2, 0) is 11.2 Å². The Morgan fingerprint density at radius 3 is 2.80 bits per heavy atom. The number of aromatic nitrogens is 2. The van der Waals surface area contributed by atoms with Crippen LogP contribution in [0, 0.1) is 12.7 Å². The minimum absolute atomic E-state index is 0.0468. The van der Waals surface area contributed by atoms with E-state index in [1.165, 1.54) is 25.6 Å². The highest BCUT2D eigenvalue weighted by atomic mass is 19.1. The van der Waals surface area contributed by atoms with E-state index in [1.807, 2.05) is 19.1 Å². The fourth-order valence-corrected chi connectivity index (χ4v) is 2.39. The summed E-state index contributed by atoms with van der Waals surface area (Å²) in [5.74, 6) is -0.238. The summed E-state index contributed by atoms with van der Waals surface area (Å²) in [5.41, 5.74) is 2.78. The van der Waals surface area contributed by atoms with Gasteiger partial charge < -0.3 is 14.5 Å². The fraction of sp³-hybridized carbons (Fsp3) is 0.167. The van der Waals surface area contributed by atoms with Crippen molar-refractivity contribution in [2.45, 2.75) is 13.3 Å². The van der Waals surface area contributed by atoms with Gasteiger partial charge in [0, 0.05) is 11.3 Å². The van der Waals surface area contributed by atoms with Gasteiger partial charge >= 0.3 is 0 Å². The molecule has 0 bridgehead atoms. The van der Waals surface area contributed by atoms with Gasteiger partial charge in [-0.2, -0.15) is 0 Å². The Balaban J connectivity index is 1.74. The Hall–Kier alpha value is -3.22. The minimum Gasteiger partial charge on any atom is -0.494 e. The molecule has 0 saturated heterocycles. The number of benzene rings is 2. The van der Waals surface area contributed by atoms with E-state index >= 15 is 0 Å². The maximum atomic E-state index is 13.7. The van der Waals surface area contributed by atoms with Gasteiger partial charge in [0.2, 0.25) is 18.2 Å². The molecule has 0 radical (unpaired) electrons. The molecule has 1 heterocycles. The molecular weight excluding hydrogens is 325 g/mol. The highest BCUT2D eigenvalue weighted by Gasteiger charge is 2.11. The molecule has 0 unspecified atom stereocenters. The summed E-state index contributed by atoms with van der Waals surface area (Å²) in [6.45, 7) is 1.88. The van der Waals surface area contributed by atoms with Crippen LogP contribution < -0.4 is 10.1 Å². The van der Waals surface area contributed by atoms with Crippen molar-refractivity contribution in [1.29, 1.82) is 0 Å². The number of anilines is 1. The van der Waals surface area contributed by atoms with Crippen LogP contribution in [-0.4, -0.2) is 23.2 Å². The number of aryl methyl sites for hydroxylation is 1. The molecule has 0 aliphatic carbocycles. The van der Waals surface area contributed by atoms with Crippen LogP contribution >= 0.6 is 0 Å². The number of rotatable bonds is 5. The molecule has 0 atom stereocenters. The highest BCUT2D eigenvalue weighted by molar-refractivity contribution is 5.93. The van der Waals surface area contributed by atoms with Gasteiger partial charge in [-0.3, -0.25) is 4.79 Å². The normalized spacial score (nSPS) is 10.5. The second-order valence-corrected chi connectivity index (χ2v) is 5.47. The molecule has 0 aliphatic rings. The lowest BCUT2D eigenvalue weighted by Gasteiger charge is -2.10. The van der Waals surface area contributed by atoms with Gasteiger partial charge in [0.05, 0.1) is 13.5 Å². The molecule has 6 nitrogen and oxygen atoms in total. The maximum absolute atomic E-state index is 13.7. The molecule has 0 fully saturated rings. The molecule has 0 aliphatic heterocycles. The molecule has 3 aromatic rings. The lowest BCUT2D eigenvalue weighted by atomic mass is 10.1. The van der Waals surface area contributed by atoms with Crippen LogP contribution in [0.4, 0.5) is 10.1 Å². The average molecular weight is 341 g/mol. The van der Waals surface area contributed by atoms with Crippen LogP contribution in [0.3, 0.4) is 0 Å². The third-order valence-corrected chi connectivity index (χ3v) is 3.70. The summed E-state index contributed by atoms with van der Waals surface area (Å²) < 4.78 is 23.8. The predicted octanol–water partition coefficient (Wildman–Crippen LogP) is 3.37. The van der Waals surface area contributed by atoms with Crippen LogP contribution in [0.5, 0.6) is 5.75 Å². The fourth-order valence-electron chi connectivity index (χ4n) is 2.39. The Labute approximate surface area is 143 Å². The van der Waals surface area contributed by atoms with Crippen LogP contribution in [0.15, 0.2) is 47.2 Å². The third-order valence-electron chi connectivity index (χ3n) is 3.70. The molecule has 1 amide bonds. The Morgan fingerprint density at radius 1 is 1.28 bits per heavy atom. The molecule has 1 aromatic heterocycles. The SMILES string of the molecule is COc1ccc(CC(=O)Nc2cc(-c3nnco3)ccc2C)cc1F. The van der Waals surface area contributed by atoms with Crippen molar-refractivity contribution in [3.8, 4) is 17.2 Å². The van der Waals surface area contributed by atoms with Crippen molar-refractivity contribution < 1.29 is 18.3 Å². The number of ether oxygens (including phenoxy) is 1. The first-order chi connectivity index (χ1) is 12.1. The number of methoxy groups -OCH3 is 1. The van der Waals surface area contributed by atoms with Crippen LogP contribution in [0.2, 0.25) is 0 Å². The Kier molecular flexibility index (Phi) is 4.74.